The van der Waals surface area contributed by atoms with Gasteiger partial charge in [0.05, 0.1) is 0 Å². The summed E-state index contributed by atoms with van der Waals surface area (Å²) in [6, 6.07) is 81.7. The Kier molecular flexibility index (Phi) is 10.9. The Bertz CT molecular complexity index is 3410. The minimum Gasteiger partial charge on any atom is -0.217 e. The molecule has 0 unspecified atom stereocenters. The smallest absolute Gasteiger partial charge is 0.164 e. The Balaban J connectivity index is 0.948. The lowest BCUT2D eigenvalue weighted by Crippen LogP contribution is -2.00. The summed E-state index contributed by atoms with van der Waals surface area (Å²) in [5, 5.41) is 0. The summed E-state index contributed by atoms with van der Waals surface area (Å²) in [7, 11) is 0. The van der Waals surface area contributed by atoms with Gasteiger partial charge in [-0.15, -0.1) is 0 Å². The van der Waals surface area contributed by atoms with Crippen LogP contribution in [0.4, 0.5) is 0 Å². The average Bonchev–Trinajstić information content (AvgIpc) is 3.42. The first-order valence-electron chi connectivity index (χ1n) is 21.9. The Morgan fingerprint density at radius 3 is 1.03 bits per heavy atom. The van der Waals surface area contributed by atoms with E-state index in [2.05, 4.69) is 157 Å². The zero-order chi connectivity index (χ0) is 44.1. The van der Waals surface area contributed by atoms with Gasteiger partial charge in [-0.3, -0.25) is 0 Å². The lowest BCUT2D eigenvalue weighted by molar-refractivity contribution is 1.07. The first-order valence-corrected chi connectivity index (χ1v) is 21.9. The van der Waals surface area contributed by atoms with Crippen molar-refractivity contribution in [2.75, 3.05) is 0 Å². The number of hydrogen-bond acceptors (Lipinski definition) is 6. The van der Waals surface area contributed by atoms with Crippen LogP contribution in [0.1, 0.15) is 0 Å². The van der Waals surface area contributed by atoms with Crippen LogP contribution >= 0.6 is 0 Å². The number of aromatic nitrogens is 6. The third kappa shape index (κ3) is 8.42. The molecule has 0 saturated heterocycles. The molecule has 0 saturated carbocycles. The fraction of sp³-hybridized carbons (Fsp3) is 0. The minimum atomic E-state index is 0.609. The Labute approximate surface area is 383 Å². The molecule has 6 nitrogen and oxygen atoms in total. The number of nitrogens with zero attached hydrogens (tertiary/aromatic N) is 6. The molecule has 11 aromatic rings. The van der Waals surface area contributed by atoms with Gasteiger partial charge < -0.3 is 0 Å². The second kappa shape index (κ2) is 18.0. The lowest BCUT2D eigenvalue weighted by atomic mass is 9.93. The average molecular weight is 845 g/mol. The first kappa shape index (κ1) is 39.8. The van der Waals surface area contributed by atoms with Crippen LogP contribution in [0, 0.1) is 0 Å². The SMILES string of the molecule is c1ccc(-c2cc(-c3cccc(-c4cccc(-c5cccc(-c6nc(-c7ccccc7)nc(-c7ccccc7)n6)c5)c4)c3)cc(-c3ncnc(-c4ccccc4-c4ccccc4)n3)c2)cc1. The summed E-state index contributed by atoms with van der Waals surface area (Å²) in [6.45, 7) is 0. The predicted octanol–water partition coefficient (Wildman–Crippen LogP) is 14.7. The van der Waals surface area contributed by atoms with Gasteiger partial charge in [0.15, 0.2) is 29.1 Å². The fourth-order valence-electron chi connectivity index (χ4n) is 8.37. The van der Waals surface area contributed by atoms with E-state index in [1.165, 1.54) is 0 Å². The number of rotatable bonds is 10. The summed E-state index contributed by atoms with van der Waals surface area (Å²) in [4.78, 5) is 29.4. The topological polar surface area (TPSA) is 77.3 Å². The minimum absolute atomic E-state index is 0.609. The predicted molar refractivity (Wildman–Crippen MR) is 268 cm³/mol. The van der Waals surface area contributed by atoms with Crippen LogP contribution in [0.25, 0.3) is 113 Å². The molecule has 6 heteroatoms. The van der Waals surface area contributed by atoms with Crippen LogP contribution in [0.5, 0.6) is 0 Å². The molecule has 0 N–H and O–H groups in total. The maximum atomic E-state index is 5.10. The van der Waals surface area contributed by atoms with Gasteiger partial charge in [-0.25, -0.2) is 29.9 Å². The van der Waals surface area contributed by atoms with E-state index in [1.54, 1.807) is 6.33 Å². The quantitative estimate of drug-likeness (QED) is 0.136. The maximum Gasteiger partial charge on any atom is 0.164 e. The van der Waals surface area contributed by atoms with Gasteiger partial charge >= 0.3 is 0 Å². The van der Waals surface area contributed by atoms with Gasteiger partial charge in [0.1, 0.15) is 6.33 Å². The molecule has 9 aromatic carbocycles. The third-order valence-corrected chi connectivity index (χ3v) is 11.7. The van der Waals surface area contributed by atoms with Gasteiger partial charge in [-0.2, -0.15) is 0 Å². The molecule has 0 amide bonds. The molecule has 0 radical (unpaired) electrons. The maximum absolute atomic E-state index is 5.10. The van der Waals surface area contributed by atoms with Gasteiger partial charge in [-0.1, -0.05) is 200 Å². The van der Waals surface area contributed by atoms with Gasteiger partial charge in [-0.05, 0) is 92.0 Å². The molecule has 0 spiro atoms. The molecule has 2 heterocycles. The van der Waals surface area contributed by atoms with Crippen LogP contribution in [0.2, 0.25) is 0 Å². The van der Waals surface area contributed by atoms with Crippen molar-refractivity contribution in [1.29, 1.82) is 0 Å². The van der Waals surface area contributed by atoms with Crippen molar-refractivity contribution >= 4 is 0 Å². The van der Waals surface area contributed by atoms with E-state index >= 15 is 0 Å². The molecule has 0 bridgehead atoms. The van der Waals surface area contributed by atoms with Crippen molar-refractivity contribution in [3.63, 3.8) is 0 Å². The van der Waals surface area contributed by atoms with Crippen molar-refractivity contribution < 1.29 is 0 Å². The standard InChI is InChI=1S/C60H40N6/c1-5-18-41(19-6-1)51-37-52(39-53(38-51)56-61-40-62-60(63-56)55-33-14-13-32-54(55)42-20-7-2-8-21-42)49-30-16-28-47(35-49)45-26-15-27-46(34-45)48-29-17-31-50(36-48)59-65-57(43-22-9-3-10-23-43)64-58(66-59)44-24-11-4-12-25-44/h1-40H. The highest BCUT2D eigenvalue weighted by atomic mass is 15.0. The van der Waals surface area contributed by atoms with Crippen molar-refractivity contribution in [2.24, 2.45) is 0 Å². The lowest BCUT2D eigenvalue weighted by Gasteiger charge is -2.13. The molecule has 0 aliphatic carbocycles. The summed E-state index contributed by atoms with van der Waals surface area (Å²) >= 11 is 0. The molecule has 310 valence electrons. The number of hydrogen-bond donors (Lipinski definition) is 0. The zero-order valence-electron chi connectivity index (χ0n) is 35.8. The van der Waals surface area contributed by atoms with E-state index in [4.69, 9.17) is 24.9 Å². The fourth-order valence-corrected chi connectivity index (χ4v) is 8.37. The van der Waals surface area contributed by atoms with E-state index in [0.717, 1.165) is 83.5 Å². The Morgan fingerprint density at radius 2 is 0.500 bits per heavy atom. The van der Waals surface area contributed by atoms with Gasteiger partial charge in [0.25, 0.3) is 0 Å². The van der Waals surface area contributed by atoms with E-state index in [1.807, 2.05) is 84.9 Å². The molecule has 0 aliphatic rings. The Hall–Kier alpha value is -9.00. The summed E-state index contributed by atoms with van der Waals surface area (Å²) < 4.78 is 0. The summed E-state index contributed by atoms with van der Waals surface area (Å²) in [5.41, 5.74) is 15.5. The van der Waals surface area contributed by atoms with Crippen LogP contribution in [-0.4, -0.2) is 29.9 Å². The molecular weight excluding hydrogens is 805 g/mol. The van der Waals surface area contributed by atoms with Crippen LogP contribution in [0.15, 0.2) is 243 Å². The van der Waals surface area contributed by atoms with E-state index in [9.17, 15) is 0 Å². The highest BCUT2D eigenvalue weighted by Gasteiger charge is 2.16. The number of benzene rings is 9. The molecular formula is C60H40N6. The zero-order valence-corrected chi connectivity index (χ0v) is 35.8. The molecule has 11 rings (SSSR count). The van der Waals surface area contributed by atoms with E-state index in [-0.39, 0.29) is 0 Å². The third-order valence-electron chi connectivity index (χ3n) is 11.7. The molecule has 0 fully saturated rings. The Morgan fingerprint density at radius 1 is 0.182 bits per heavy atom. The highest BCUT2D eigenvalue weighted by Crippen LogP contribution is 2.37. The second-order valence-electron chi connectivity index (χ2n) is 16.0. The normalized spacial score (nSPS) is 11.0. The highest BCUT2D eigenvalue weighted by molar-refractivity contribution is 5.84. The van der Waals surface area contributed by atoms with Crippen molar-refractivity contribution in [3.8, 4) is 113 Å². The van der Waals surface area contributed by atoms with E-state index < -0.39 is 0 Å². The molecule has 2 aromatic heterocycles. The van der Waals surface area contributed by atoms with Crippen LogP contribution in [0.3, 0.4) is 0 Å². The summed E-state index contributed by atoms with van der Waals surface area (Å²) in [5.74, 6) is 3.13. The van der Waals surface area contributed by atoms with E-state index in [0.29, 0.717) is 29.1 Å². The van der Waals surface area contributed by atoms with Crippen molar-refractivity contribution in [1.82, 2.24) is 29.9 Å². The molecule has 0 aliphatic heterocycles. The van der Waals surface area contributed by atoms with Crippen molar-refractivity contribution in [3.05, 3.63) is 243 Å². The second-order valence-corrected chi connectivity index (χ2v) is 16.0. The molecule has 66 heavy (non-hydrogen) atoms. The van der Waals surface area contributed by atoms with Crippen LogP contribution in [-0.2, 0) is 0 Å². The first-order chi connectivity index (χ1) is 32.7. The molecule has 0 atom stereocenters. The van der Waals surface area contributed by atoms with Gasteiger partial charge in [0.2, 0.25) is 0 Å². The largest absolute Gasteiger partial charge is 0.217 e. The van der Waals surface area contributed by atoms with Crippen LogP contribution < -0.4 is 0 Å². The van der Waals surface area contributed by atoms with Gasteiger partial charge in [0, 0.05) is 27.8 Å². The summed E-state index contributed by atoms with van der Waals surface area (Å²) in [6.07, 6.45) is 1.62. The van der Waals surface area contributed by atoms with Crippen molar-refractivity contribution in [2.45, 2.75) is 0 Å². The monoisotopic (exact) mass is 844 g/mol.